The van der Waals surface area contributed by atoms with Gasteiger partial charge in [0.2, 0.25) is 0 Å². The Labute approximate surface area is 94.2 Å². The summed E-state index contributed by atoms with van der Waals surface area (Å²) in [7, 11) is 1.66. The van der Waals surface area contributed by atoms with Gasteiger partial charge < -0.3 is 5.32 Å². The van der Waals surface area contributed by atoms with E-state index in [2.05, 4.69) is 15.7 Å². The Balaban J connectivity index is 2.78. The number of carbonyl (C=O) groups excluding carboxylic acids is 1. The minimum Gasteiger partial charge on any atom is -0.333 e. The van der Waals surface area contributed by atoms with Crippen LogP contribution in [0.5, 0.6) is 0 Å². The molecule has 2 amide bonds. The fourth-order valence-electron chi connectivity index (χ4n) is 1.15. The zero-order valence-electron chi connectivity index (χ0n) is 9.83. The summed E-state index contributed by atoms with van der Waals surface area (Å²) < 4.78 is 1.45. The van der Waals surface area contributed by atoms with Gasteiger partial charge in [-0.1, -0.05) is 0 Å². The van der Waals surface area contributed by atoms with Gasteiger partial charge in [-0.25, -0.2) is 4.79 Å². The molecule has 0 aliphatic carbocycles. The molecule has 0 fully saturated rings. The van der Waals surface area contributed by atoms with E-state index < -0.39 is 0 Å². The predicted molar refractivity (Wildman–Crippen MR) is 59.8 cm³/mol. The van der Waals surface area contributed by atoms with Crippen LogP contribution in [-0.2, 0) is 7.05 Å². The van der Waals surface area contributed by atoms with E-state index in [4.69, 9.17) is 5.26 Å². The molecule has 86 valence electrons. The molecule has 16 heavy (non-hydrogen) atoms. The number of anilines is 1. The molecule has 0 saturated carbocycles. The van der Waals surface area contributed by atoms with Gasteiger partial charge in [0.1, 0.15) is 17.5 Å². The maximum atomic E-state index is 11.6. The first kappa shape index (κ1) is 12.0. The fraction of sp³-hybridized carbons (Fsp3) is 0.500. The Morgan fingerprint density at radius 1 is 1.56 bits per heavy atom. The molecule has 0 aromatic carbocycles. The molecule has 1 rings (SSSR count). The van der Waals surface area contributed by atoms with Gasteiger partial charge >= 0.3 is 6.03 Å². The number of carbonyl (C=O) groups is 1. The SMILES string of the molecule is Cn1ncc(C#N)c1NC(=O)NC(C)(C)C. The molecule has 0 aliphatic heterocycles. The lowest BCUT2D eigenvalue weighted by molar-refractivity contribution is 0.243. The van der Waals surface area contributed by atoms with Crippen LogP contribution in [0.2, 0.25) is 0 Å². The average Bonchev–Trinajstić information content (AvgIpc) is 2.44. The highest BCUT2D eigenvalue weighted by molar-refractivity contribution is 5.90. The first-order valence-electron chi connectivity index (χ1n) is 4.85. The van der Waals surface area contributed by atoms with Crippen LogP contribution in [0.3, 0.4) is 0 Å². The summed E-state index contributed by atoms with van der Waals surface area (Å²) >= 11 is 0. The summed E-state index contributed by atoms with van der Waals surface area (Å²) in [5, 5.41) is 18.0. The van der Waals surface area contributed by atoms with Crippen molar-refractivity contribution in [3.8, 4) is 6.07 Å². The third-order valence-electron chi connectivity index (χ3n) is 1.78. The summed E-state index contributed by atoms with van der Waals surface area (Å²) in [4.78, 5) is 11.6. The van der Waals surface area contributed by atoms with E-state index in [1.54, 1.807) is 7.05 Å². The number of nitrogens with one attached hydrogen (secondary N) is 2. The van der Waals surface area contributed by atoms with Crippen molar-refractivity contribution in [3.05, 3.63) is 11.8 Å². The zero-order valence-corrected chi connectivity index (χ0v) is 9.83. The third kappa shape index (κ3) is 2.98. The van der Waals surface area contributed by atoms with Crippen molar-refractivity contribution < 1.29 is 4.79 Å². The third-order valence-corrected chi connectivity index (χ3v) is 1.78. The van der Waals surface area contributed by atoms with Crippen molar-refractivity contribution in [1.82, 2.24) is 15.1 Å². The number of aromatic nitrogens is 2. The molecule has 0 aliphatic rings. The van der Waals surface area contributed by atoms with Gasteiger partial charge in [0.15, 0.2) is 0 Å². The minimum atomic E-state index is -0.354. The summed E-state index contributed by atoms with van der Waals surface area (Å²) in [6.45, 7) is 5.63. The maximum Gasteiger partial charge on any atom is 0.320 e. The second-order valence-electron chi connectivity index (χ2n) is 4.47. The Bertz CT molecular complexity index is 435. The number of urea groups is 1. The number of nitriles is 1. The van der Waals surface area contributed by atoms with E-state index in [1.807, 2.05) is 26.8 Å². The highest BCUT2D eigenvalue weighted by Crippen LogP contribution is 2.12. The molecular formula is C10H15N5O. The van der Waals surface area contributed by atoms with E-state index in [0.29, 0.717) is 11.4 Å². The molecule has 2 N–H and O–H groups in total. The van der Waals surface area contributed by atoms with Crippen LogP contribution in [-0.4, -0.2) is 21.4 Å². The topological polar surface area (TPSA) is 82.7 Å². The lowest BCUT2D eigenvalue weighted by Gasteiger charge is -2.20. The normalized spacial score (nSPS) is 10.7. The molecule has 1 heterocycles. The first-order chi connectivity index (χ1) is 7.33. The van der Waals surface area contributed by atoms with Crippen molar-refractivity contribution in [2.45, 2.75) is 26.3 Å². The zero-order chi connectivity index (χ0) is 12.3. The number of hydrogen-bond acceptors (Lipinski definition) is 3. The van der Waals surface area contributed by atoms with Crippen molar-refractivity contribution in [3.63, 3.8) is 0 Å². The average molecular weight is 221 g/mol. The van der Waals surface area contributed by atoms with Gasteiger partial charge in [-0.3, -0.25) is 10.00 Å². The monoisotopic (exact) mass is 221 g/mol. The standard InChI is InChI=1S/C10H15N5O/c1-10(2,3)14-9(16)13-8-7(5-11)6-12-15(8)4/h6H,1-4H3,(H2,13,14,16). The minimum absolute atomic E-state index is 0.324. The largest absolute Gasteiger partial charge is 0.333 e. The van der Waals surface area contributed by atoms with Crippen LogP contribution in [0.1, 0.15) is 26.3 Å². The molecule has 0 saturated heterocycles. The molecule has 1 aromatic rings. The van der Waals surface area contributed by atoms with Gasteiger partial charge in [-0.05, 0) is 20.8 Å². The molecule has 6 heteroatoms. The van der Waals surface area contributed by atoms with Crippen LogP contribution in [0.4, 0.5) is 10.6 Å². The predicted octanol–water partition coefficient (Wildman–Crippen LogP) is 1.21. The number of aryl methyl sites for hydroxylation is 1. The smallest absolute Gasteiger partial charge is 0.320 e. The summed E-state index contributed by atoms with van der Waals surface area (Å²) in [6, 6.07) is 1.60. The summed E-state index contributed by atoms with van der Waals surface area (Å²) in [5.74, 6) is 0.393. The number of hydrogen-bond donors (Lipinski definition) is 2. The summed E-state index contributed by atoms with van der Waals surface area (Å²) in [6.07, 6.45) is 1.41. The van der Waals surface area contributed by atoms with Crippen LogP contribution in [0.25, 0.3) is 0 Å². The Hall–Kier alpha value is -2.03. The van der Waals surface area contributed by atoms with Crippen LogP contribution < -0.4 is 10.6 Å². The van der Waals surface area contributed by atoms with Crippen molar-refractivity contribution in [2.24, 2.45) is 7.05 Å². The maximum absolute atomic E-state index is 11.6. The van der Waals surface area contributed by atoms with Gasteiger partial charge in [-0.2, -0.15) is 10.4 Å². The molecule has 0 radical (unpaired) electrons. The van der Waals surface area contributed by atoms with E-state index in [9.17, 15) is 4.79 Å². The molecule has 1 aromatic heterocycles. The second-order valence-corrected chi connectivity index (χ2v) is 4.47. The Kier molecular flexibility index (Phi) is 3.18. The van der Waals surface area contributed by atoms with E-state index in [0.717, 1.165) is 0 Å². The molecule has 6 nitrogen and oxygen atoms in total. The molecule has 0 atom stereocenters. The number of rotatable bonds is 1. The quantitative estimate of drug-likeness (QED) is 0.747. The van der Waals surface area contributed by atoms with Gasteiger partial charge in [-0.15, -0.1) is 0 Å². The van der Waals surface area contributed by atoms with Crippen molar-refractivity contribution in [1.29, 1.82) is 5.26 Å². The molecular weight excluding hydrogens is 206 g/mol. The van der Waals surface area contributed by atoms with E-state index in [-0.39, 0.29) is 11.6 Å². The van der Waals surface area contributed by atoms with Crippen LogP contribution >= 0.6 is 0 Å². The van der Waals surface area contributed by atoms with Crippen LogP contribution in [0, 0.1) is 11.3 Å². The number of amides is 2. The highest BCUT2D eigenvalue weighted by Gasteiger charge is 2.16. The van der Waals surface area contributed by atoms with Crippen molar-refractivity contribution >= 4 is 11.8 Å². The lowest BCUT2D eigenvalue weighted by Crippen LogP contribution is -2.43. The summed E-state index contributed by atoms with van der Waals surface area (Å²) in [5.41, 5.74) is 0.0155. The first-order valence-corrected chi connectivity index (χ1v) is 4.85. The van der Waals surface area contributed by atoms with Gasteiger partial charge in [0.05, 0.1) is 6.20 Å². The number of nitrogens with zero attached hydrogens (tertiary/aromatic N) is 3. The molecule has 0 unspecified atom stereocenters. The van der Waals surface area contributed by atoms with Gasteiger partial charge in [0, 0.05) is 12.6 Å². The Morgan fingerprint density at radius 2 is 2.19 bits per heavy atom. The van der Waals surface area contributed by atoms with Crippen molar-refractivity contribution in [2.75, 3.05) is 5.32 Å². The van der Waals surface area contributed by atoms with E-state index >= 15 is 0 Å². The highest BCUT2D eigenvalue weighted by atomic mass is 16.2. The van der Waals surface area contributed by atoms with E-state index in [1.165, 1.54) is 10.9 Å². The molecule has 0 spiro atoms. The van der Waals surface area contributed by atoms with Crippen LogP contribution in [0.15, 0.2) is 6.20 Å². The second kappa shape index (κ2) is 4.23. The van der Waals surface area contributed by atoms with Gasteiger partial charge in [0.25, 0.3) is 0 Å². The Morgan fingerprint density at radius 3 is 2.69 bits per heavy atom. The lowest BCUT2D eigenvalue weighted by atomic mass is 10.1. The molecule has 0 bridgehead atoms. The fourth-order valence-corrected chi connectivity index (χ4v) is 1.15.